The molecule has 2 aromatic carbocycles. The normalized spacial score (nSPS) is 11.2. The summed E-state index contributed by atoms with van der Waals surface area (Å²) in [6.45, 7) is 0.621. The molecule has 0 unspecified atom stereocenters. The summed E-state index contributed by atoms with van der Waals surface area (Å²) in [5, 5.41) is 2.89. The molecule has 1 aromatic heterocycles. The van der Waals surface area contributed by atoms with Crippen molar-refractivity contribution in [2.75, 3.05) is 6.54 Å². The second kappa shape index (κ2) is 7.93. The maximum atomic E-state index is 11.8. The third-order valence-electron chi connectivity index (χ3n) is 3.65. The second-order valence-electron chi connectivity index (χ2n) is 5.45. The van der Waals surface area contributed by atoms with Gasteiger partial charge in [-0.2, -0.15) is 0 Å². The topological polar surface area (TPSA) is 57.8 Å². The zero-order chi connectivity index (χ0) is 16.8. The van der Waals surface area contributed by atoms with E-state index in [-0.39, 0.29) is 5.91 Å². The van der Waals surface area contributed by atoms with Crippen LogP contribution in [0.3, 0.4) is 0 Å². The predicted octanol–water partition coefficient (Wildman–Crippen LogP) is 4.09. The second-order valence-corrected chi connectivity index (χ2v) is 6.30. The molecule has 0 aliphatic heterocycles. The first kappa shape index (κ1) is 16.5. The highest BCUT2D eigenvalue weighted by Crippen LogP contribution is 2.17. The van der Waals surface area contributed by atoms with Gasteiger partial charge in [-0.1, -0.05) is 46.3 Å². The number of carbonyl (C=O) groups is 1. The van der Waals surface area contributed by atoms with E-state index < -0.39 is 0 Å². The molecule has 5 heteroatoms. The van der Waals surface area contributed by atoms with Crippen molar-refractivity contribution < 1.29 is 4.79 Å². The number of nitrogens with one attached hydrogen (secondary N) is 2. The van der Waals surface area contributed by atoms with Gasteiger partial charge in [0.25, 0.3) is 0 Å². The average molecular weight is 384 g/mol. The Morgan fingerprint density at radius 1 is 1.17 bits per heavy atom. The molecule has 0 bridgehead atoms. The fourth-order valence-electron chi connectivity index (χ4n) is 2.43. The van der Waals surface area contributed by atoms with E-state index >= 15 is 0 Å². The van der Waals surface area contributed by atoms with Gasteiger partial charge in [-0.3, -0.25) is 4.79 Å². The summed E-state index contributed by atoms with van der Waals surface area (Å²) in [6, 6.07) is 15.8. The molecule has 0 saturated heterocycles. The Morgan fingerprint density at radius 3 is 2.79 bits per heavy atom. The first-order valence-electron chi connectivity index (χ1n) is 7.86. The van der Waals surface area contributed by atoms with Gasteiger partial charge in [-0.15, -0.1) is 0 Å². The number of aromatic amines is 1. The molecule has 2 N–H and O–H groups in total. The van der Waals surface area contributed by atoms with Crippen molar-refractivity contribution in [2.45, 2.75) is 12.8 Å². The number of hydrogen-bond donors (Lipinski definition) is 2. The molecule has 3 aromatic rings. The first-order valence-corrected chi connectivity index (χ1v) is 8.66. The lowest BCUT2D eigenvalue weighted by Crippen LogP contribution is -2.22. The minimum atomic E-state index is -0.0876. The molecule has 0 fully saturated rings. The fraction of sp³-hybridized carbons (Fsp3) is 0.158. The molecule has 122 valence electrons. The average Bonchev–Trinajstić information content (AvgIpc) is 3.01. The summed E-state index contributed by atoms with van der Waals surface area (Å²) in [6.07, 6.45) is 5.01. The predicted molar refractivity (Wildman–Crippen MR) is 101 cm³/mol. The van der Waals surface area contributed by atoms with E-state index in [0.717, 1.165) is 39.7 Å². The van der Waals surface area contributed by atoms with Crippen LogP contribution in [-0.4, -0.2) is 22.4 Å². The van der Waals surface area contributed by atoms with Crippen molar-refractivity contribution in [3.8, 4) is 0 Å². The number of amides is 1. The molecule has 0 saturated carbocycles. The Bertz CT molecular complexity index is 837. The van der Waals surface area contributed by atoms with Crippen molar-refractivity contribution in [1.82, 2.24) is 15.3 Å². The zero-order valence-corrected chi connectivity index (χ0v) is 14.7. The van der Waals surface area contributed by atoms with Crippen molar-refractivity contribution in [3.05, 3.63) is 70.5 Å². The molecular weight excluding hydrogens is 366 g/mol. The largest absolute Gasteiger partial charge is 0.353 e. The van der Waals surface area contributed by atoms with Gasteiger partial charge in [0.05, 0.1) is 11.0 Å². The number of halogens is 1. The Morgan fingerprint density at radius 2 is 1.96 bits per heavy atom. The molecule has 0 aliphatic carbocycles. The van der Waals surface area contributed by atoms with Crippen LogP contribution < -0.4 is 5.32 Å². The quantitative estimate of drug-likeness (QED) is 0.497. The highest BCUT2D eigenvalue weighted by Gasteiger charge is 2.02. The van der Waals surface area contributed by atoms with Crippen molar-refractivity contribution in [1.29, 1.82) is 0 Å². The number of benzene rings is 2. The van der Waals surface area contributed by atoms with Gasteiger partial charge < -0.3 is 10.3 Å². The Balaban J connectivity index is 1.44. The number of H-pyrrole nitrogens is 1. The lowest BCUT2D eigenvalue weighted by atomic mass is 10.2. The van der Waals surface area contributed by atoms with Crippen LogP contribution in [0.4, 0.5) is 0 Å². The minimum absolute atomic E-state index is 0.0876. The van der Waals surface area contributed by atoms with E-state index in [1.807, 2.05) is 48.5 Å². The summed E-state index contributed by atoms with van der Waals surface area (Å²) in [7, 11) is 0. The molecule has 0 radical (unpaired) electrons. The van der Waals surface area contributed by atoms with E-state index in [2.05, 4.69) is 31.2 Å². The van der Waals surface area contributed by atoms with E-state index in [1.165, 1.54) is 0 Å². The molecule has 0 aliphatic rings. The molecule has 1 amide bonds. The molecule has 0 spiro atoms. The summed E-state index contributed by atoms with van der Waals surface area (Å²) >= 11 is 3.46. The van der Waals surface area contributed by atoms with Crippen LogP contribution in [-0.2, 0) is 11.2 Å². The first-order chi connectivity index (χ1) is 11.7. The number of carbonyl (C=O) groups excluding carboxylic acids is 1. The molecule has 4 nitrogen and oxygen atoms in total. The molecule has 1 heterocycles. The summed E-state index contributed by atoms with van der Waals surface area (Å²) in [5.41, 5.74) is 3.01. The molecule has 0 atom stereocenters. The van der Waals surface area contributed by atoms with E-state index in [0.29, 0.717) is 6.54 Å². The summed E-state index contributed by atoms with van der Waals surface area (Å²) in [5.74, 6) is 0.865. The van der Waals surface area contributed by atoms with Crippen LogP contribution >= 0.6 is 15.9 Å². The Kier molecular flexibility index (Phi) is 5.43. The number of hydrogen-bond acceptors (Lipinski definition) is 2. The van der Waals surface area contributed by atoms with Crippen LogP contribution in [0.2, 0.25) is 0 Å². The number of para-hydroxylation sites is 2. The van der Waals surface area contributed by atoms with Gasteiger partial charge in [0, 0.05) is 23.5 Å². The van der Waals surface area contributed by atoms with E-state index in [9.17, 15) is 4.79 Å². The van der Waals surface area contributed by atoms with Crippen LogP contribution in [0.25, 0.3) is 17.1 Å². The van der Waals surface area contributed by atoms with E-state index in [1.54, 1.807) is 12.2 Å². The lowest BCUT2D eigenvalue weighted by Gasteiger charge is -2.01. The Hall–Kier alpha value is -2.40. The summed E-state index contributed by atoms with van der Waals surface area (Å²) < 4.78 is 0.971. The van der Waals surface area contributed by atoms with E-state index in [4.69, 9.17) is 0 Å². The van der Waals surface area contributed by atoms with Gasteiger partial charge in [0.1, 0.15) is 5.82 Å². The van der Waals surface area contributed by atoms with Crippen LogP contribution in [0.5, 0.6) is 0 Å². The maximum absolute atomic E-state index is 11.8. The van der Waals surface area contributed by atoms with Crippen molar-refractivity contribution >= 4 is 38.9 Å². The SMILES string of the molecule is O=C(/C=C/c1ccccc1Br)NCCCc1nc2ccccc2[nH]1. The van der Waals surface area contributed by atoms with Crippen LogP contribution in [0.15, 0.2) is 59.1 Å². The van der Waals surface area contributed by atoms with Crippen LogP contribution in [0.1, 0.15) is 17.8 Å². The minimum Gasteiger partial charge on any atom is -0.353 e. The number of nitrogens with zero attached hydrogens (tertiary/aromatic N) is 1. The maximum Gasteiger partial charge on any atom is 0.243 e. The number of imidazole rings is 1. The molecule has 24 heavy (non-hydrogen) atoms. The van der Waals surface area contributed by atoms with Gasteiger partial charge in [0.2, 0.25) is 5.91 Å². The standard InChI is InChI=1S/C19H18BrN3O/c20-15-7-2-1-6-14(15)11-12-19(24)21-13-5-10-18-22-16-8-3-4-9-17(16)23-18/h1-4,6-9,11-12H,5,10,13H2,(H,21,24)(H,22,23)/b12-11+. The van der Waals surface area contributed by atoms with Gasteiger partial charge in [-0.25, -0.2) is 4.98 Å². The highest BCUT2D eigenvalue weighted by molar-refractivity contribution is 9.10. The van der Waals surface area contributed by atoms with Gasteiger partial charge in [-0.05, 0) is 36.3 Å². The number of rotatable bonds is 6. The Labute approximate surface area is 149 Å². The molecule has 3 rings (SSSR count). The van der Waals surface area contributed by atoms with Crippen LogP contribution in [0, 0.1) is 0 Å². The number of aryl methyl sites for hydroxylation is 1. The number of fused-ring (bicyclic) bond motifs is 1. The van der Waals surface area contributed by atoms with Crippen molar-refractivity contribution in [2.24, 2.45) is 0 Å². The smallest absolute Gasteiger partial charge is 0.243 e. The summed E-state index contributed by atoms with van der Waals surface area (Å²) in [4.78, 5) is 19.7. The zero-order valence-electron chi connectivity index (χ0n) is 13.1. The van der Waals surface area contributed by atoms with Crippen molar-refractivity contribution in [3.63, 3.8) is 0 Å². The van der Waals surface area contributed by atoms with Gasteiger partial charge in [0.15, 0.2) is 0 Å². The highest BCUT2D eigenvalue weighted by atomic mass is 79.9. The monoisotopic (exact) mass is 383 g/mol. The lowest BCUT2D eigenvalue weighted by molar-refractivity contribution is -0.116. The fourth-order valence-corrected chi connectivity index (χ4v) is 2.84. The third kappa shape index (κ3) is 4.32. The third-order valence-corrected chi connectivity index (χ3v) is 4.37. The molecular formula is C19H18BrN3O. The van der Waals surface area contributed by atoms with Gasteiger partial charge >= 0.3 is 0 Å². The number of aromatic nitrogens is 2.